The first kappa shape index (κ1) is 18.2. The zero-order valence-electron chi connectivity index (χ0n) is 16.1. The highest BCUT2D eigenvalue weighted by Gasteiger charge is 2.49. The Morgan fingerprint density at radius 2 is 1.97 bits per heavy atom. The average Bonchev–Trinajstić information content (AvgIpc) is 3.28. The minimum Gasteiger partial charge on any atom is -0.408 e. The van der Waals surface area contributed by atoms with Gasteiger partial charge in [-0.3, -0.25) is 19.5 Å². The van der Waals surface area contributed by atoms with E-state index in [0.29, 0.717) is 29.6 Å². The molecule has 2 aliphatic rings. The number of benzene rings is 2. The van der Waals surface area contributed by atoms with Crippen molar-refractivity contribution in [2.24, 2.45) is 0 Å². The van der Waals surface area contributed by atoms with Gasteiger partial charge in [-0.05, 0) is 41.8 Å². The van der Waals surface area contributed by atoms with Gasteiger partial charge in [0.2, 0.25) is 5.91 Å². The Morgan fingerprint density at radius 3 is 2.73 bits per heavy atom. The van der Waals surface area contributed by atoms with Crippen molar-refractivity contribution in [3.63, 3.8) is 0 Å². The Hall–Kier alpha value is -3.88. The Kier molecular flexibility index (Phi) is 3.82. The maximum Gasteiger partial charge on any atom is 0.420 e. The van der Waals surface area contributed by atoms with Crippen LogP contribution in [-0.4, -0.2) is 28.0 Å². The number of para-hydroxylation sites is 1. The molecule has 152 valence electrons. The molecule has 1 saturated heterocycles. The Morgan fingerprint density at radius 1 is 1.17 bits per heavy atom. The molecule has 0 saturated carbocycles. The van der Waals surface area contributed by atoms with Crippen LogP contribution in [0, 0.1) is 6.92 Å². The molecule has 0 bridgehead atoms. The number of nitrogens with zero attached hydrogens (tertiary/aromatic N) is 1. The highest BCUT2D eigenvalue weighted by molar-refractivity contribution is 6.08. The van der Waals surface area contributed by atoms with Gasteiger partial charge >= 0.3 is 11.8 Å². The van der Waals surface area contributed by atoms with Crippen molar-refractivity contribution in [1.29, 1.82) is 0 Å². The fourth-order valence-corrected chi connectivity index (χ4v) is 4.32. The van der Waals surface area contributed by atoms with E-state index in [2.05, 4.69) is 16.0 Å². The second-order valence-corrected chi connectivity index (χ2v) is 7.75. The number of fused-ring (bicyclic) bond motifs is 2. The zero-order valence-corrected chi connectivity index (χ0v) is 16.1. The Labute approximate surface area is 170 Å². The van der Waals surface area contributed by atoms with E-state index in [1.165, 1.54) is 4.57 Å². The van der Waals surface area contributed by atoms with Gasteiger partial charge in [-0.15, -0.1) is 0 Å². The van der Waals surface area contributed by atoms with Crippen molar-refractivity contribution in [3.8, 4) is 0 Å². The number of urea groups is 1. The van der Waals surface area contributed by atoms with Crippen molar-refractivity contribution >= 4 is 34.6 Å². The van der Waals surface area contributed by atoms with Crippen LogP contribution in [0.3, 0.4) is 0 Å². The van der Waals surface area contributed by atoms with E-state index in [9.17, 15) is 19.2 Å². The number of carbonyl (C=O) groups is 3. The molecule has 2 heterocycles. The predicted molar refractivity (Wildman–Crippen MR) is 107 cm³/mol. The number of amides is 4. The standard InChI is InChI=1S/C21H18N4O5/c1-11-3-2-4-15-17(11)25(20(29)30-15)10-16(26)22-14-6-5-12-8-21(9-13(12)7-14)18(27)23-19(28)24-21/h2-7H,8-10H2,1H3,(H,22,26)(H2,23,24,27,28). The number of imide groups is 1. The summed E-state index contributed by atoms with van der Waals surface area (Å²) in [7, 11) is 0. The highest BCUT2D eigenvalue weighted by Crippen LogP contribution is 2.34. The lowest BCUT2D eigenvalue weighted by atomic mass is 9.96. The summed E-state index contributed by atoms with van der Waals surface area (Å²) in [5.74, 6) is -1.30. The van der Waals surface area contributed by atoms with Crippen molar-refractivity contribution < 1.29 is 18.8 Å². The summed E-state index contributed by atoms with van der Waals surface area (Å²) < 4.78 is 6.53. The summed E-state index contributed by atoms with van der Waals surface area (Å²) in [5.41, 5.74) is 3.29. The van der Waals surface area contributed by atoms with E-state index in [0.717, 1.165) is 16.7 Å². The van der Waals surface area contributed by atoms with E-state index in [1.807, 2.05) is 19.1 Å². The number of aromatic nitrogens is 1. The summed E-state index contributed by atoms with van der Waals surface area (Å²) in [4.78, 5) is 48.5. The van der Waals surface area contributed by atoms with Crippen molar-refractivity contribution in [2.45, 2.75) is 31.8 Å². The van der Waals surface area contributed by atoms with Gasteiger partial charge in [0.15, 0.2) is 5.58 Å². The molecule has 2 aromatic carbocycles. The molecule has 1 fully saturated rings. The van der Waals surface area contributed by atoms with Gasteiger partial charge in [0, 0.05) is 18.5 Å². The second-order valence-electron chi connectivity index (χ2n) is 7.75. The van der Waals surface area contributed by atoms with Crippen LogP contribution >= 0.6 is 0 Å². The van der Waals surface area contributed by atoms with Crippen LogP contribution in [0.25, 0.3) is 11.1 Å². The molecule has 3 N–H and O–H groups in total. The minimum atomic E-state index is -0.956. The molecular weight excluding hydrogens is 388 g/mol. The molecule has 1 unspecified atom stereocenters. The number of hydrogen-bond donors (Lipinski definition) is 3. The summed E-state index contributed by atoms with van der Waals surface area (Å²) in [6, 6.07) is 10.2. The summed E-state index contributed by atoms with van der Waals surface area (Å²) in [5, 5.41) is 7.78. The topological polar surface area (TPSA) is 122 Å². The van der Waals surface area contributed by atoms with E-state index in [1.54, 1.807) is 24.3 Å². The van der Waals surface area contributed by atoms with Crippen molar-refractivity contribution in [3.05, 3.63) is 63.6 Å². The van der Waals surface area contributed by atoms with Crippen molar-refractivity contribution in [2.75, 3.05) is 5.32 Å². The Bertz CT molecular complexity index is 1300. The molecule has 0 radical (unpaired) electrons. The second kappa shape index (κ2) is 6.31. The maximum atomic E-state index is 12.6. The lowest BCUT2D eigenvalue weighted by molar-refractivity contribution is -0.123. The number of oxazole rings is 1. The summed E-state index contributed by atoms with van der Waals surface area (Å²) >= 11 is 0. The first-order chi connectivity index (χ1) is 14.3. The van der Waals surface area contributed by atoms with E-state index < -0.39 is 17.3 Å². The van der Waals surface area contributed by atoms with Crippen LogP contribution in [0.5, 0.6) is 0 Å². The number of hydrogen-bond acceptors (Lipinski definition) is 5. The molecule has 1 spiro atoms. The van der Waals surface area contributed by atoms with Crippen LogP contribution < -0.4 is 21.7 Å². The third-order valence-corrected chi connectivity index (χ3v) is 5.68. The van der Waals surface area contributed by atoms with Crippen LogP contribution in [0.4, 0.5) is 10.5 Å². The van der Waals surface area contributed by atoms with Gasteiger partial charge in [0.05, 0.1) is 5.52 Å². The summed E-state index contributed by atoms with van der Waals surface area (Å²) in [6.45, 7) is 1.66. The lowest BCUT2D eigenvalue weighted by Crippen LogP contribution is -2.47. The van der Waals surface area contributed by atoms with Crippen LogP contribution in [0.1, 0.15) is 16.7 Å². The molecule has 9 heteroatoms. The van der Waals surface area contributed by atoms with E-state index in [4.69, 9.17) is 4.42 Å². The van der Waals surface area contributed by atoms with Crippen LogP contribution in [-0.2, 0) is 29.0 Å². The fraction of sp³-hybridized carbons (Fsp3) is 0.238. The molecule has 1 aliphatic carbocycles. The minimum absolute atomic E-state index is 0.184. The van der Waals surface area contributed by atoms with Gasteiger partial charge in [-0.25, -0.2) is 9.59 Å². The van der Waals surface area contributed by atoms with Crippen LogP contribution in [0.2, 0.25) is 0 Å². The third kappa shape index (κ3) is 2.78. The number of nitrogens with one attached hydrogen (secondary N) is 3. The first-order valence-electron chi connectivity index (χ1n) is 9.49. The van der Waals surface area contributed by atoms with Gasteiger partial charge in [-0.2, -0.15) is 0 Å². The lowest BCUT2D eigenvalue weighted by Gasteiger charge is -2.18. The van der Waals surface area contributed by atoms with Crippen molar-refractivity contribution in [1.82, 2.24) is 15.2 Å². The SMILES string of the molecule is Cc1cccc2oc(=O)n(CC(=O)Nc3ccc4c(c3)CC3(C4)NC(=O)NC3=O)c12. The number of anilines is 1. The van der Waals surface area contributed by atoms with Gasteiger partial charge in [0.25, 0.3) is 5.91 Å². The highest BCUT2D eigenvalue weighted by atomic mass is 16.4. The number of carbonyl (C=O) groups excluding carboxylic acids is 3. The first-order valence-corrected chi connectivity index (χ1v) is 9.49. The molecule has 1 atom stereocenters. The number of rotatable bonds is 3. The van der Waals surface area contributed by atoms with E-state index in [-0.39, 0.29) is 18.4 Å². The van der Waals surface area contributed by atoms with Gasteiger partial charge in [-0.1, -0.05) is 18.2 Å². The maximum absolute atomic E-state index is 12.6. The Balaban J connectivity index is 1.36. The molecule has 5 rings (SSSR count). The normalized spacial score (nSPS) is 19.8. The molecule has 30 heavy (non-hydrogen) atoms. The van der Waals surface area contributed by atoms with Crippen LogP contribution in [0.15, 0.2) is 45.6 Å². The molecular formula is C21H18N4O5. The quantitative estimate of drug-likeness (QED) is 0.565. The molecule has 4 amide bonds. The zero-order chi connectivity index (χ0) is 21.0. The smallest absolute Gasteiger partial charge is 0.408 e. The predicted octanol–water partition coefficient (Wildman–Crippen LogP) is 1.22. The number of aryl methyl sites for hydroxylation is 1. The molecule has 1 aliphatic heterocycles. The fourth-order valence-electron chi connectivity index (χ4n) is 4.32. The van der Waals surface area contributed by atoms with Gasteiger partial charge < -0.3 is 15.1 Å². The van der Waals surface area contributed by atoms with E-state index >= 15 is 0 Å². The third-order valence-electron chi connectivity index (χ3n) is 5.68. The largest absolute Gasteiger partial charge is 0.420 e. The molecule has 3 aromatic rings. The monoisotopic (exact) mass is 406 g/mol. The molecule has 1 aromatic heterocycles. The molecule has 9 nitrogen and oxygen atoms in total. The summed E-state index contributed by atoms with van der Waals surface area (Å²) in [6.07, 6.45) is 0.762. The average molecular weight is 406 g/mol. The van der Waals surface area contributed by atoms with Gasteiger partial charge in [0.1, 0.15) is 12.1 Å².